The Balaban J connectivity index is 3.57. The molecule has 0 spiro atoms. The Bertz CT molecular complexity index is 546. The molecule has 1 N–H and O–H groups in total. The van der Waals surface area contributed by atoms with Gasteiger partial charge in [-0.15, -0.1) is 0 Å². The van der Waals surface area contributed by atoms with Crippen LogP contribution in [0.4, 0.5) is 0 Å². The molecule has 0 heterocycles. The molecule has 0 aromatic rings. The molecule has 0 bridgehead atoms. The van der Waals surface area contributed by atoms with E-state index in [0.29, 0.717) is 6.42 Å². The summed E-state index contributed by atoms with van der Waals surface area (Å²) in [7, 11) is 0. The van der Waals surface area contributed by atoms with Crippen LogP contribution >= 0.6 is 0 Å². The number of aliphatic hydroxyl groups excluding tert-OH is 1. The van der Waals surface area contributed by atoms with Crippen molar-refractivity contribution in [2.24, 2.45) is 0 Å². The number of rotatable bonds is 18. The van der Waals surface area contributed by atoms with Crippen molar-refractivity contribution in [1.29, 1.82) is 0 Å². The van der Waals surface area contributed by atoms with E-state index in [0.717, 1.165) is 57.8 Å². The summed E-state index contributed by atoms with van der Waals surface area (Å²) in [4.78, 5) is 22.5. The van der Waals surface area contributed by atoms with Gasteiger partial charge in [0.1, 0.15) is 6.61 Å². The lowest BCUT2D eigenvalue weighted by Gasteiger charge is -2.15. The molecule has 0 saturated heterocycles. The van der Waals surface area contributed by atoms with Crippen LogP contribution in [0.1, 0.15) is 78.1 Å². The molecule has 170 valence electrons. The first-order chi connectivity index (χ1) is 14.6. The monoisotopic (exact) mass is 420 g/mol. The Morgan fingerprint density at radius 2 is 1.40 bits per heavy atom. The zero-order valence-corrected chi connectivity index (χ0v) is 18.8. The molecule has 0 rings (SSSR count). The van der Waals surface area contributed by atoms with E-state index >= 15 is 0 Å². The topological polar surface area (TPSA) is 72.8 Å². The van der Waals surface area contributed by atoms with Crippen LogP contribution in [0.25, 0.3) is 0 Å². The fourth-order valence-electron chi connectivity index (χ4n) is 2.56. The number of hydrogen-bond donors (Lipinski definition) is 1. The molecule has 5 nitrogen and oxygen atoms in total. The third-order valence-corrected chi connectivity index (χ3v) is 4.19. The van der Waals surface area contributed by atoms with Gasteiger partial charge in [-0.05, 0) is 44.9 Å². The number of hydrogen-bond acceptors (Lipinski definition) is 5. The minimum Gasteiger partial charge on any atom is -0.462 e. The zero-order chi connectivity index (χ0) is 22.3. The van der Waals surface area contributed by atoms with Gasteiger partial charge in [-0.25, -0.2) is 0 Å². The first kappa shape index (κ1) is 27.9. The molecule has 0 aromatic carbocycles. The first-order valence-electron chi connectivity index (χ1n) is 11.1. The van der Waals surface area contributed by atoms with E-state index in [4.69, 9.17) is 14.6 Å². The molecule has 1 unspecified atom stereocenters. The van der Waals surface area contributed by atoms with Gasteiger partial charge < -0.3 is 14.6 Å². The Hall–Kier alpha value is -2.14. The highest BCUT2D eigenvalue weighted by atomic mass is 16.6. The zero-order valence-electron chi connectivity index (χ0n) is 18.8. The van der Waals surface area contributed by atoms with Crippen LogP contribution in [0.15, 0.2) is 48.6 Å². The summed E-state index contributed by atoms with van der Waals surface area (Å²) in [6, 6.07) is 0. The van der Waals surface area contributed by atoms with Crippen LogP contribution in [0, 0.1) is 0 Å². The normalized spacial score (nSPS) is 13.0. The molecular weight excluding hydrogens is 380 g/mol. The van der Waals surface area contributed by atoms with Crippen LogP contribution in [-0.4, -0.2) is 36.4 Å². The van der Waals surface area contributed by atoms with Gasteiger partial charge in [-0.2, -0.15) is 0 Å². The van der Waals surface area contributed by atoms with Gasteiger partial charge in [-0.3, -0.25) is 9.59 Å². The number of ether oxygens (including phenoxy) is 2. The SMILES string of the molecule is CC/C=C\C/C=C\C/C=C\C/C=C\CCCCCCC(=O)OC(CO)COC(C)=O. The van der Waals surface area contributed by atoms with Gasteiger partial charge in [0.2, 0.25) is 0 Å². The van der Waals surface area contributed by atoms with Gasteiger partial charge in [0, 0.05) is 13.3 Å². The molecular formula is C25H40O5. The Morgan fingerprint density at radius 1 is 0.833 bits per heavy atom. The second kappa shape index (κ2) is 21.6. The minimum atomic E-state index is -0.778. The highest BCUT2D eigenvalue weighted by molar-refractivity contribution is 5.69. The highest BCUT2D eigenvalue weighted by Crippen LogP contribution is 2.08. The molecule has 0 fully saturated rings. The van der Waals surface area contributed by atoms with E-state index < -0.39 is 12.1 Å². The predicted octanol–water partition coefficient (Wildman–Crippen LogP) is 5.60. The number of unbranched alkanes of at least 4 members (excludes halogenated alkanes) is 4. The van der Waals surface area contributed by atoms with Crippen LogP contribution < -0.4 is 0 Å². The van der Waals surface area contributed by atoms with E-state index in [-0.39, 0.29) is 19.2 Å². The maximum atomic E-state index is 11.7. The predicted molar refractivity (Wildman–Crippen MR) is 122 cm³/mol. The summed E-state index contributed by atoms with van der Waals surface area (Å²) < 4.78 is 9.83. The van der Waals surface area contributed by atoms with E-state index in [1.807, 2.05) is 0 Å². The lowest BCUT2D eigenvalue weighted by molar-refractivity contribution is -0.160. The third-order valence-electron chi connectivity index (χ3n) is 4.19. The fourth-order valence-corrected chi connectivity index (χ4v) is 2.56. The maximum Gasteiger partial charge on any atom is 0.306 e. The number of esters is 2. The molecule has 1 atom stereocenters. The van der Waals surface area contributed by atoms with E-state index in [1.54, 1.807) is 0 Å². The smallest absolute Gasteiger partial charge is 0.306 e. The summed E-state index contributed by atoms with van der Waals surface area (Å²) in [5, 5.41) is 9.12. The van der Waals surface area contributed by atoms with Gasteiger partial charge in [0.05, 0.1) is 6.61 Å². The van der Waals surface area contributed by atoms with E-state index in [2.05, 4.69) is 55.5 Å². The average molecular weight is 421 g/mol. The quantitative estimate of drug-likeness (QED) is 0.177. The highest BCUT2D eigenvalue weighted by Gasteiger charge is 2.14. The third kappa shape index (κ3) is 20.6. The van der Waals surface area contributed by atoms with Crippen molar-refractivity contribution in [2.45, 2.75) is 84.2 Å². The second-order valence-electron chi connectivity index (χ2n) is 7.05. The van der Waals surface area contributed by atoms with Crippen molar-refractivity contribution in [3.05, 3.63) is 48.6 Å². The number of carbonyl (C=O) groups excluding carboxylic acids is 2. The molecule has 0 amide bonds. The Kier molecular flexibility index (Phi) is 20.0. The van der Waals surface area contributed by atoms with Crippen molar-refractivity contribution < 1.29 is 24.2 Å². The van der Waals surface area contributed by atoms with Gasteiger partial charge in [0.15, 0.2) is 6.10 Å². The molecule has 0 aliphatic carbocycles. The molecule has 30 heavy (non-hydrogen) atoms. The van der Waals surface area contributed by atoms with Crippen LogP contribution in [0.2, 0.25) is 0 Å². The Labute approximate surface area is 182 Å². The molecule has 5 heteroatoms. The number of carbonyl (C=O) groups is 2. The molecule has 0 aliphatic heterocycles. The van der Waals surface area contributed by atoms with Crippen molar-refractivity contribution >= 4 is 11.9 Å². The lowest BCUT2D eigenvalue weighted by Crippen LogP contribution is -2.28. The largest absolute Gasteiger partial charge is 0.462 e. The fraction of sp³-hybridized carbons (Fsp3) is 0.600. The Morgan fingerprint density at radius 3 is 1.97 bits per heavy atom. The average Bonchev–Trinajstić information content (AvgIpc) is 2.73. The summed E-state index contributed by atoms with van der Waals surface area (Å²) in [5.74, 6) is -0.821. The van der Waals surface area contributed by atoms with Crippen LogP contribution in [0.5, 0.6) is 0 Å². The standard InChI is InChI=1S/C25H40O5/c1-3-4-5-6-7-8-9-10-11-12-13-14-15-16-17-18-19-20-25(28)30-24(21-26)22-29-23(2)27/h4-5,7-8,10-11,13-14,24,26H,3,6,9,12,15-22H2,1-2H3/b5-4-,8-7-,11-10-,14-13-. The van der Waals surface area contributed by atoms with Gasteiger partial charge in [0.25, 0.3) is 0 Å². The first-order valence-corrected chi connectivity index (χ1v) is 11.1. The summed E-state index contributed by atoms with van der Waals surface area (Å²) in [5.41, 5.74) is 0. The molecule has 0 aliphatic rings. The van der Waals surface area contributed by atoms with Crippen molar-refractivity contribution in [1.82, 2.24) is 0 Å². The molecule has 0 aromatic heterocycles. The maximum absolute atomic E-state index is 11.7. The van der Waals surface area contributed by atoms with E-state index in [1.165, 1.54) is 6.92 Å². The van der Waals surface area contributed by atoms with Gasteiger partial charge in [-0.1, -0.05) is 68.4 Å². The summed E-state index contributed by atoms with van der Waals surface area (Å²) in [6.45, 7) is 2.96. The molecule has 0 radical (unpaired) electrons. The number of allylic oxidation sites excluding steroid dienone is 8. The summed E-state index contributed by atoms with van der Waals surface area (Å²) in [6.07, 6.45) is 26.1. The van der Waals surface area contributed by atoms with Crippen LogP contribution in [0.3, 0.4) is 0 Å². The minimum absolute atomic E-state index is 0.105. The van der Waals surface area contributed by atoms with E-state index in [9.17, 15) is 9.59 Å². The van der Waals surface area contributed by atoms with Gasteiger partial charge >= 0.3 is 11.9 Å². The number of aliphatic hydroxyl groups is 1. The van der Waals surface area contributed by atoms with Crippen molar-refractivity contribution in [3.8, 4) is 0 Å². The molecule has 0 saturated carbocycles. The second-order valence-corrected chi connectivity index (χ2v) is 7.05. The lowest BCUT2D eigenvalue weighted by atomic mass is 10.1. The van der Waals surface area contributed by atoms with Crippen molar-refractivity contribution in [3.63, 3.8) is 0 Å². The van der Waals surface area contributed by atoms with Crippen molar-refractivity contribution in [2.75, 3.05) is 13.2 Å². The summed E-state index contributed by atoms with van der Waals surface area (Å²) >= 11 is 0. The van der Waals surface area contributed by atoms with Crippen LogP contribution in [-0.2, 0) is 19.1 Å².